The third-order valence-corrected chi connectivity index (χ3v) is 2.23. The number of nitrogens with zero attached hydrogens (tertiary/aromatic N) is 2. The van der Waals surface area contributed by atoms with Crippen LogP contribution in [0.5, 0.6) is 0 Å². The van der Waals surface area contributed by atoms with Gasteiger partial charge >= 0.3 is 0 Å². The van der Waals surface area contributed by atoms with E-state index in [1.54, 1.807) is 30.3 Å². The highest BCUT2D eigenvalue weighted by Gasteiger charge is 2.41. The fraction of sp³-hybridized carbons (Fsp3) is 0.400. The predicted octanol–water partition coefficient (Wildman–Crippen LogP) is 2.55. The molecule has 0 radical (unpaired) electrons. The molecule has 80 valence electrons. The largest absolute Gasteiger partial charge is 0.265 e. The van der Waals surface area contributed by atoms with Crippen LogP contribution in [-0.4, -0.2) is 10.5 Å². The molecule has 15 heavy (non-hydrogen) atoms. The maximum absolute atomic E-state index is 10.9. The maximum Gasteiger partial charge on any atom is 0.265 e. The Balaban J connectivity index is 3.15. The van der Waals surface area contributed by atoms with Gasteiger partial charge in [-0.15, -0.1) is 4.91 Å². The fourth-order valence-corrected chi connectivity index (χ4v) is 1.47. The van der Waals surface area contributed by atoms with Crippen LogP contribution in [0.1, 0.15) is 25.5 Å². The third kappa shape index (κ3) is 2.37. The van der Waals surface area contributed by atoms with Crippen LogP contribution in [0.25, 0.3) is 0 Å². The molecule has 1 atom stereocenters. The number of rotatable bonds is 4. The van der Waals surface area contributed by atoms with E-state index >= 15 is 0 Å². The highest BCUT2D eigenvalue weighted by Crippen LogP contribution is 2.31. The lowest BCUT2D eigenvalue weighted by molar-refractivity contribution is -0.538. The van der Waals surface area contributed by atoms with Crippen molar-refractivity contribution in [3.05, 3.63) is 50.9 Å². The molecule has 1 rings (SSSR count). The van der Waals surface area contributed by atoms with Crippen molar-refractivity contribution >= 4 is 0 Å². The number of hydrogen-bond donors (Lipinski definition) is 0. The molecule has 1 unspecified atom stereocenters. The van der Waals surface area contributed by atoms with Crippen molar-refractivity contribution < 1.29 is 4.92 Å². The summed E-state index contributed by atoms with van der Waals surface area (Å²) in [6.07, 6.45) is 0. The molecule has 0 spiro atoms. The molecule has 0 bridgehead atoms. The molecule has 5 nitrogen and oxygen atoms in total. The second-order valence-corrected chi connectivity index (χ2v) is 3.84. The first-order valence-corrected chi connectivity index (χ1v) is 4.52. The minimum absolute atomic E-state index is 0.475. The average molecular weight is 208 g/mol. The van der Waals surface area contributed by atoms with E-state index in [0.29, 0.717) is 5.56 Å². The molecule has 5 heteroatoms. The summed E-state index contributed by atoms with van der Waals surface area (Å²) in [7, 11) is 0. The van der Waals surface area contributed by atoms with Gasteiger partial charge in [0.15, 0.2) is 5.54 Å². The Labute approximate surface area is 87.2 Å². The Morgan fingerprint density at radius 3 is 2.27 bits per heavy atom. The standard InChI is InChI=1S/C10H12N2O3/c1-10(2,11-13)9(12(14)15)8-6-4-3-5-7-8/h3-7,9H,1-2H3. The van der Waals surface area contributed by atoms with Crippen LogP contribution in [0, 0.1) is 15.0 Å². The van der Waals surface area contributed by atoms with Crippen molar-refractivity contribution in [2.24, 2.45) is 5.18 Å². The van der Waals surface area contributed by atoms with E-state index in [0.717, 1.165) is 0 Å². The van der Waals surface area contributed by atoms with Crippen LogP contribution in [0.3, 0.4) is 0 Å². The number of benzene rings is 1. The van der Waals surface area contributed by atoms with Crippen LogP contribution in [0.2, 0.25) is 0 Å². The van der Waals surface area contributed by atoms with Gasteiger partial charge < -0.3 is 0 Å². The lowest BCUT2D eigenvalue weighted by Crippen LogP contribution is -2.32. The van der Waals surface area contributed by atoms with Gasteiger partial charge in [0.05, 0.1) is 0 Å². The van der Waals surface area contributed by atoms with Crippen molar-refractivity contribution in [3.8, 4) is 0 Å². The van der Waals surface area contributed by atoms with Gasteiger partial charge in [0, 0.05) is 10.5 Å². The van der Waals surface area contributed by atoms with E-state index in [9.17, 15) is 15.0 Å². The number of nitro groups is 1. The molecule has 0 aliphatic rings. The molecule has 1 aromatic carbocycles. The second kappa shape index (κ2) is 4.16. The molecule has 0 amide bonds. The molecular formula is C10H12N2O3. The Morgan fingerprint density at radius 1 is 1.33 bits per heavy atom. The minimum Gasteiger partial charge on any atom is -0.264 e. The Bertz CT molecular complexity index is 362. The van der Waals surface area contributed by atoms with Crippen molar-refractivity contribution in [1.29, 1.82) is 0 Å². The molecular weight excluding hydrogens is 196 g/mol. The first-order valence-electron chi connectivity index (χ1n) is 4.52. The zero-order valence-electron chi connectivity index (χ0n) is 8.58. The first-order chi connectivity index (χ1) is 6.99. The highest BCUT2D eigenvalue weighted by molar-refractivity contribution is 5.20. The molecule has 0 aliphatic carbocycles. The van der Waals surface area contributed by atoms with Gasteiger partial charge in [0.2, 0.25) is 0 Å². The van der Waals surface area contributed by atoms with E-state index < -0.39 is 16.5 Å². The topological polar surface area (TPSA) is 72.6 Å². The number of hydrogen-bond acceptors (Lipinski definition) is 4. The lowest BCUT2D eigenvalue weighted by atomic mass is 9.90. The van der Waals surface area contributed by atoms with Gasteiger partial charge in [-0.05, 0) is 13.8 Å². The van der Waals surface area contributed by atoms with Crippen LogP contribution in [0.4, 0.5) is 0 Å². The lowest BCUT2D eigenvalue weighted by Gasteiger charge is -2.20. The molecule has 0 saturated carbocycles. The summed E-state index contributed by atoms with van der Waals surface area (Å²) in [5.41, 5.74) is -0.752. The SMILES string of the molecule is CC(C)(N=O)C(c1ccccc1)[N+](=O)[O-]. The van der Waals surface area contributed by atoms with Crippen molar-refractivity contribution in [2.45, 2.75) is 25.4 Å². The summed E-state index contributed by atoms with van der Waals surface area (Å²) in [4.78, 5) is 21.0. The summed E-state index contributed by atoms with van der Waals surface area (Å²) in [5.74, 6) is 0. The second-order valence-electron chi connectivity index (χ2n) is 3.84. The van der Waals surface area contributed by atoms with Crippen molar-refractivity contribution in [2.75, 3.05) is 0 Å². The Morgan fingerprint density at radius 2 is 1.87 bits per heavy atom. The first kappa shape index (κ1) is 11.3. The molecule has 0 aromatic heterocycles. The van der Waals surface area contributed by atoms with Crippen molar-refractivity contribution in [1.82, 2.24) is 0 Å². The summed E-state index contributed by atoms with van der Waals surface area (Å²) in [5, 5.41) is 13.7. The zero-order valence-corrected chi connectivity index (χ0v) is 8.58. The van der Waals surface area contributed by atoms with Gasteiger partial charge in [0.1, 0.15) is 0 Å². The van der Waals surface area contributed by atoms with E-state index in [4.69, 9.17) is 0 Å². The quantitative estimate of drug-likeness (QED) is 0.433. The van der Waals surface area contributed by atoms with E-state index in [1.807, 2.05) is 0 Å². The summed E-state index contributed by atoms with van der Waals surface area (Å²) >= 11 is 0. The van der Waals surface area contributed by atoms with E-state index in [-0.39, 0.29) is 0 Å². The van der Waals surface area contributed by atoms with Gasteiger partial charge in [-0.3, -0.25) is 10.1 Å². The van der Waals surface area contributed by atoms with Crippen LogP contribution >= 0.6 is 0 Å². The molecule has 0 saturated heterocycles. The Hall–Kier alpha value is -1.78. The predicted molar refractivity (Wildman–Crippen MR) is 56.1 cm³/mol. The Kier molecular flexibility index (Phi) is 3.14. The van der Waals surface area contributed by atoms with Gasteiger partial charge in [0.25, 0.3) is 6.04 Å². The van der Waals surface area contributed by atoms with E-state index in [2.05, 4.69) is 5.18 Å². The molecule has 1 aromatic rings. The summed E-state index contributed by atoms with van der Waals surface area (Å²) in [6.45, 7) is 2.92. The maximum atomic E-state index is 10.9. The molecule has 0 heterocycles. The number of nitroso groups, excluding NO2 is 1. The summed E-state index contributed by atoms with van der Waals surface area (Å²) in [6, 6.07) is 7.32. The smallest absolute Gasteiger partial charge is 0.264 e. The zero-order chi connectivity index (χ0) is 11.5. The van der Waals surface area contributed by atoms with Crippen LogP contribution < -0.4 is 0 Å². The van der Waals surface area contributed by atoms with Crippen LogP contribution in [-0.2, 0) is 0 Å². The molecule has 0 N–H and O–H groups in total. The average Bonchev–Trinajstić information content (AvgIpc) is 2.18. The molecule has 0 aliphatic heterocycles. The fourth-order valence-electron chi connectivity index (χ4n) is 1.47. The molecule has 0 fully saturated rings. The van der Waals surface area contributed by atoms with E-state index in [1.165, 1.54) is 13.8 Å². The monoisotopic (exact) mass is 208 g/mol. The summed E-state index contributed by atoms with van der Waals surface area (Å²) < 4.78 is 0. The van der Waals surface area contributed by atoms with Gasteiger partial charge in [-0.25, -0.2) is 0 Å². The van der Waals surface area contributed by atoms with Crippen molar-refractivity contribution in [3.63, 3.8) is 0 Å². The third-order valence-electron chi connectivity index (χ3n) is 2.23. The minimum atomic E-state index is -1.25. The highest BCUT2D eigenvalue weighted by atomic mass is 16.6. The van der Waals surface area contributed by atoms with Gasteiger partial charge in [-0.2, -0.15) is 0 Å². The van der Waals surface area contributed by atoms with Gasteiger partial charge in [-0.1, -0.05) is 35.5 Å². The van der Waals surface area contributed by atoms with Crippen LogP contribution in [0.15, 0.2) is 35.5 Å². The normalized spacial score (nSPS) is 13.2.